The lowest BCUT2D eigenvalue weighted by atomic mass is 10.1. The van der Waals surface area contributed by atoms with E-state index in [-0.39, 0.29) is 12.0 Å². The van der Waals surface area contributed by atoms with Gasteiger partial charge in [-0.2, -0.15) is 4.98 Å². The molecule has 2 aromatic heterocycles. The van der Waals surface area contributed by atoms with Crippen LogP contribution in [0.5, 0.6) is 0 Å². The van der Waals surface area contributed by atoms with Crippen LogP contribution >= 0.6 is 0 Å². The second-order valence-corrected chi connectivity index (χ2v) is 4.40. The molecule has 5 nitrogen and oxygen atoms in total. The fourth-order valence-electron chi connectivity index (χ4n) is 2.29. The zero-order chi connectivity index (χ0) is 11.7. The Labute approximate surface area is 99.1 Å². The Morgan fingerprint density at radius 1 is 1.35 bits per heavy atom. The number of rotatable bonds is 2. The highest BCUT2D eigenvalue weighted by molar-refractivity contribution is 5.51. The molecule has 5 heteroatoms. The van der Waals surface area contributed by atoms with E-state index < -0.39 is 0 Å². The maximum Gasteiger partial charge on any atom is 0.231 e. The molecule has 3 rings (SSSR count). The molecule has 0 aromatic carbocycles. The Morgan fingerprint density at radius 2 is 2.29 bits per heavy atom. The normalized spacial score (nSPS) is 24.1. The highest BCUT2D eigenvalue weighted by Crippen LogP contribution is 2.33. The lowest BCUT2D eigenvalue weighted by Crippen LogP contribution is -2.22. The molecule has 17 heavy (non-hydrogen) atoms. The molecular formula is C12H14N4O. The zero-order valence-electron chi connectivity index (χ0n) is 9.41. The highest BCUT2D eigenvalue weighted by Gasteiger charge is 2.30. The summed E-state index contributed by atoms with van der Waals surface area (Å²) in [5, 5.41) is 3.98. The predicted molar refractivity (Wildman–Crippen MR) is 62.1 cm³/mol. The number of nitrogens with zero attached hydrogens (tertiary/aromatic N) is 3. The van der Waals surface area contributed by atoms with Crippen molar-refractivity contribution in [1.82, 2.24) is 15.1 Å². The first kappa shape index (κ1) is 10.4. The van der Waals surface area contributed by atoms with Gasteiger partial charge in [0.15, 0.2) is 0 Å². The molecule has 88 valence electrons. The number of aromatic nitrogens is 3. The maximum absolute atomic E-state index is 6.02. The summed E-state index contributed by atoms with van der Waals surface area (Å²) in [6, 6.07) is 3.92. The summed E-state index contributed by atoms with van der Waals surface area (Å²) >= 11 is 0. The van der Waals surface area contributed by atoms with Crippen LogP contribution in [-0.4, -0.2) is 21.2 Å². The molecule has 1 aliphatic rings. The van der Waals surface area contributed by atoms with Crippen molar-refractivity contribution in [3.05, 3.63) is 30.4 Å². The monoisotopic (exact) mass is 230 g/mol. The smallest absolute Gasteiger partial charge is 0.231 e. The Hall–Kier alpha value is -1.75. The van der Waals surface area contributed by atoms with Crippen LogP contribution in [0.15, 0.2) is 29.0 Å². The molecule has 2 atom stereocenters. The molecule has 0 amide bonds. The van der Waals surface area contributed by atoms with Gasteiger partial charge in [0, 0.05) is 24.0 Å². The number of hydrogen-bond donors (Lipinski definition) is 1. The minimum Gasteiger partial charge on any atom is -0.339 e. The Bertz CT molecular complexity index is 496. The van der Waals surface area contributed by atoms with E-state index in [4.69, 9.17) is 10.3 Å². The topological polar surface area (TPSA) is 77.8 Å². The summed E-state index contributed by atoms with van der Waals surface area (Å²) in [7, 11) is 0. The van der Waals surface area contributed by atoms with Crippen LogP contribution in [0.1, 0.15) is 31.1 Å². The average Bonchev–Trinajstić information content (AvgIpc) is 2.98. The minimum absolute atomic E-state index is 0.150. The zero-order valence-corrected chi connectivity index (χ0v) is 9.41. The summed E-state index contributed by atoms with van der Waals surface area (Å²) in [5.74, 6) is 1.47. The third kappa shape index (κ3) is 1.93. The van der Waals surface area contributed by atoms with Crippen molar-refractivity contribution in [3.8, 4) is 11.4 Å². The third-order valence-electron chi connectivity index (χ3n) is 3.25. The van der Waals surface area contributed by atoms with E-state index in [1.165, 1.54) is 0 Å². The minimum atomic E-state index is 0.150. The van der Waals surface area contributed by atoms with E-state index in [9.17, 15) is 0 Å². The van der Waals surface area contributed by atoms with Gasteiger partial charge in [-0.1, -0.05) is 11.6 Å². The van der Waals surface area contributed by atoms with Crippen LogP contribution in [0.25, 0.3) is 11.4 Å². The van der Waals surface area contributed by atoms with Gasteiger partial charge < -0.3 is 10.3 Å². The molecule has 1 aliphatic carbocycles. The highest BCUT2D eigenvalue weighted by atomic mass is 16.5. The molecule has 0 spiro atoms. The molecule has 2 N–H and O–H groups in total. The van der Waals surface area contributed by atoms with Crippen molar-refractivity contribution < 1.29 is 4.52 Å². The summed E-state index contributed by atoms with van der Waals surface area (Å²) in [5.41, 5.74) is 6.89. The SMILES string of the molecule is N[C@H]1CCC[C@H]1c1nc(-c2cccnc2)no1. The van der Waals surface area contributed by atoms with Gasteiger partial charge in [0.1, 0.15) is 0 Å². The van der Waals surface area contributed by atoms with Crippen LogP contribution in [-0.2, 0) is 0 Å². The molecule has 0 radical (unpaired) electrons. The van der Waals surface area contributed by atoms with Gasteiger partial charge in [-0.25, -0.2) is 0 Å². The second kappa shape index (κ2) is 4.25. The van der Waals surface area contributed by atoms with Crippen molar-refractivity contribution >= 4 is 0 Å². The van der Waals surface area contributed by atoms with Crippen LogP contribution in [0.3, 0.4) is 0 Å². The fraction of sp³-hybridized carbons (Fsp3) is 0.417. The lowest BCUT2D eigenvalue weighted by molar-refractivity contribution is 0.345. The molecule has 0 unspecified atom stereocenters. The van der Waals surface area contributed by atoms with Crippen molar-refractivity contribution in [2.24, 2.45) is 5.73 Å². The Morgan fingerprint density at radius 3 is 3.00 bits per heavy atom. The predicted octanol–water partition coefficient (Wildman–Crippen LogP) is 1.73. The van der Waals surface area contributed by atoms with E-state index in [0.29, 0.717) is 11.7 Å². The molecule has 0 aliphatic heterocycles. The summed E-state index contributed by atoms with van der Waals surface area (Å²) in [4.78, 5) is 8.45. The van der Waals surface area contributed by atoms with Crippen molar-refractivity contribution in [2.45, 2.75) is 31.2 Å². The van der Waals surface area contributed by atoms with Crippen molar-refractivity contribution in [2.75, 3.05) is 0 Å². The third-order valence-corrected chi connectivity index (χ3v) is 3.25. The maximum atomic E-state index is 6.02. The molecule has 0 bridgehead atoms. The fourth-order valence-corrected chi connectivity index (χ4v) is 2.29. The Balaban J connectivity index is 1.88. The molecule has 2 aromatic rings. The van der Waals surface area contributed by atoms with Gasteiger partial charge in [0.25, 0.3) is 0 Å². The molecule has 0 saturated heterocycles. The first-order valence-electron chi connectivity index (χ1n) is 5.84. The number of hydrogen-bond acceptors (Lipinski definition) is 5. The van der Waals surface area contributed by atoms with Crippen molar-refractivity contribution in [3.63, 3.8) is 0 Å². The van der Waals surface area contributed by atoms with Crippen LogP contribution < -0.4 is 5.73 Å². The largest absolute Gasteiger partial charge is 0.339 e. The van der Waals surface area contributed by atoms with E-state index >= 15 is 0 Å². The second-order valence-electron chi connectivity index (χ2n) is 4.40. The Kier molecular flexibility index (Phi) is 2.60. The first-order chi connectivity index (χ1) is 8.34. The van der Waals surface area contributed by atoms with E-state index in [1.54, 1.807) is 12.4 Å². The summed E-state index contributed by atoms with van der Waals surface area (Å²) in [6.45, 7) is 0. The van der Waals surface area contributed by atoms with E-state index in [2.05, 4.69) is 15.1 Å². The van der Waals surface area contributed by atoms with Crippen LogP contribution in [0.4, 0.5) is 0 Å². The van der Waals surface area contributed by atoms with Crippen LogP contribution in [0.2, 0.25) is 0 Å². The first-order valence-corrected chi connectivity index (χ1v) is 5.84. The summed E-state index contributed by atoms with van der Waals surface area (Å²) < 4.78 is 5.30. The van der Waals surface area contributed by atoms with Gasteiger partial charge >= 0.3 is 0 Å². The van der Waals surface area contributed by atoms with Gasteiger partial charge in [-0.3, -0.25) is 4.98 Å². The quantitative estimate of drug-likeness (QED) is 0.850. The molecular weight excluding hydrogens is 216 g/mol. The van der Waals surface area contributed by atoms with Gasteiger partial charge in [-0.15, -0.1) is 0 Å². The van der Waals surface area contributed by atoms with Gasteiger partial charge in [0.2, 0.25) is 11.7 Å². The van der Waals surface area contributed by atoms with Crippen LogP contribution in [0, 0.1) is 0 Å². The molecule has 1 saturated carbocycles. The number of nitrogens with two attached hydrogens (primary N) is 1. The lowest BCUT2D eigenvalue weighted by Gasteiger charge is -2.08. The van der Waals surface area contributed by atoms with E-state index in [0.717, 1.165) is 24.8 Å². The summed E-state index contributed by atoms with van der Waals surface area (Å²) in [6.07, 6.45) is 6.65. The average molecular weight is 230 g/mol. The molecule has 1 fully saturated rings. The van der Waals surface area contributed by atoms with Crippen molar-refractivity contribution in [1.29, 1.82) is 0 Å². The van der Waals surface area contributed by atoms with Gasteiger partial charge in [-0.05, 0) is 25.0 Å². The number of pyridine rings is 1. The van der Waals surface area contributed by atoms with E-state index in [1.807, 2.05) is 12.1 Å². The molecule has 2 heterocycles. The standard InChI is InChI=1S/C12H14N4O/c13-10-5-1-4-9(10)12-15-11(16-17-12)8-3-2-6-14-7-8/h2-3,6-7,9-10H,1,4-5,13H2/t9-,10+/m1/s1. The van der Waals surface area contributed by atoms with Gasteiger partial charge in [0.05, 0.1) is 5.92 Å².